The normalized spacial score (nSPS) is 13.9. The van der Waals surface area contributed by atoms with E-state index in [1.54, 1.807) is 0 Å². The van der Waals surface area contributed by atoms with Gasteiger partial charge < -0.3 is 4.57 Å². The molecule has 0 saturated heterocycles. The van der Waals surface area contributed by atoms with Crippen molar-refractivity contribution in [2.75, 3.05) is 0 Å². The van der Waals surface area contributed by atoms with Crippen LogP contribution in [0.25, 0.3) is 0 Å². The van der Waals surface area contributed by atoms with Crippen molar-refractivity contribution < 1.29 is 4.79 Å². The largest absolute Gasteiger partial charge is 0.331 e. The van der Waals surface area contributed by atoms with Crippen LogP contribution in [0.3, 0.4) is 0 Å². The predicted molar refractivity (Wildman–Crippen MR) is 69.8 cm³/mol. The topological polar surface area (TPSA) is 34.9 Å². The lowest BCUT2D eigenvalue weighted by Gasteiger charge is -2.08. The average Bonchev–Trinajstić information content (AvgIpc) is 2.97. The van der Waals surface area contributed by atoms with E-state index >= 15 is 0 Å². The van der Waals surface area contributed by atoms with E-state index in [-0.39, 0.29) is 5.78 Å². The van der Waals surface area contributed by atoms with Crippen LogP contribution in [0.1, 0.15) is 40.7 Å². The van der Waals surface area contributed by atoms with E-state index in [0.717, 1.165) is 30.8 Å². The number of rotatable bonds is 3. The summed E-state index contributed by atoms with van der Waals surface area (Å²) in [4.78, 5) is 16.0. The third-order valence-corrected chi connectivity index (χ3v) is 3.57. The van der Waals surface area contributed by atoms with Gasteiger partial charge in [0.05, 0.1) is 0 Å². The second-order valence-corrected chi connectivity index (χ2v) is 4.74. The standard InChI is InChI=1S/C15H16N2O/c1-2-15-16-7-8-17(15)10-11-3-4-12-5-6-14(18)13(12)9-11/h3-4,7-9H,2,5-6,10H2,1H3. The molecule has 18 heavy (non-hydrogen) atoms. The van der Waals surface area contributed by atoms with E-state index in [4.69, 9.17) is 0 Å². The van der Waals surface area contributed by atoms with E-state index < -0.39 is 0 Å². The molecule has 0 saturated carbocycles. The number of imidazole rings is 1. The second kappa shape index (κ2) is 4.41. The molecule has 0 amide bonds. The minimum absolute atomic E-state index is 0.285. The minimum Gasteiger partial charge on any atom is -0.331 e. The van der Waals surface area contributed by atoms with Crippen LogP contribution in [0.4, 0.5) is 0 Å². The monoisotopic (exact) mass is 240 g/mol. The van der Waals surface area contributed by atoms with Crippen molar-refractivity contribution in [2.45, 2.75) is 32.7 Å². The third-order valence-electron chi connectivity index (χ3n) is 3.57. The molecule has 1 aromatic heterocycles. The molecule has 0 N–H and O–H groups in total. The fourth-order valence-electron chi connectivity index (χ4n) is 2.58. The number of ketones is 1. The molecular formula is C15H16N2O. The summed E-state index contributed by atoms with van der Waals surface area (Å²) in [5, 5.41) is 0. The molecule has 1 aliphatic rings. The first-order chi connectivity index (χ1) is 8.78. The zero-order chi connectivity index (χ0) is 12.5. The lowest BCUT2D eigenvalue weighted by atomic mass is 10.1. The molecule has 0 fully saturated rings. The van der Waals surface area contributed by atoms with Gasteiger partial charge in [-0.15, -0.1) is 0 Å². The van der Waals surface area contributed by atoms with Gasteiger partial charge in [-0.1, -0.05) is 19.1 Å². The van der Waals surface area contributed by atoms with Gasteiger partial charge >= 0.3 is 0 Å². The minimum atomic E-state index is 0.285. The molecule has 0 aliphatic heterocycles. The molecule has 0 spiro atoms. The van der Waals surface area contributed by atoms with Gasteiger partial charge in [0.2, 0.25) is 0 Å². The van der Waals surface area contributed by atoms with Gasteiger partial charge in [0.1, 0.15) is 5.82 Å². The van der Waals surface area contributed by atoms with Crippen molar-refractivity contribution in [2.24, 2.45) is 0 Å². The smallest absolute Gasteiger partial charge is 0.163 e. The highest BCUT2D eigenvalue weighted by molar-refractivity contribution is 6.00. The first-order valence-electron chi connectivity index (χ1n) is 6.43. The number of hydrogen-bond acceptors (Lipinski definition) is 2. The summed E-state index contributed by atoms with van der Waals surface area (Å²) < 4.78 is 2.14. The van der Waals surface area contributed by atoms with Crippen molar-refractivity contribution in [3.05, 3.63) is 53.1 Å². The summed E-state index contributed by atoms with van der Waals surface area (Å²) in [6.45, 7) is 2.90. The van der Waals surface area contributed by atoms with Crippen molar-refractivity contribution in [3.63, 3.8) is 0 Å². The van der Waals surface area contributed by atoms with Crippen molar-refractivity contribution in [1.82, 2.24) is 9.55 Å². The number of nitrogens with zero attached hydrogens (tertiary/aromatic N) is 2. The molecule has 1 heterocycles. The quantitative estimate of drug-likeness (QED) is 0.826. The molecule has 0 unspecified atom stereocenters. The Balaban J connectivity index is 1.90. The molecule has 2 aromatic rings. The van der Waals surface area contributed by atoms with Gasteiger partial charge in [-0.2, -0.15) is 0 Å². The Labute approximate surface area is 106 Å². The highest BCUT2D eigenvalue weighted by Gasteiger charge is 2.19. The van der Waals surface area contributed by atoms with Crippen LogP contribution in [0.15, 0.2) is 30.6 Å². The Morgan fingerprint density at radius 1 is 1.33 bits per heavy atom. The molecule has 1 aliphatic carbocycles. The van der Waals surface area contributed by atoms with Crippen LogP contribution in [0, 0.1) is 0 Å². The number of aryl methyl sites for hydroxylation is 2. The van der Waals surface area contributed by atoms with E-state index in [9.17, 15) is 4.79 Å². The van der Waals surface area contributed by atoms with Gasteiger partial charge in [-0.3, -0.25) is 4.79 Å². The van der Waals surface area contributed by atoms with E-state index in [2.05, 4.69) is 28.6 Å². The molecule has 3 rings (SSSR count). The average molecular weight is 240 g/mol. The fraction of sp³-hybridized carbons (Fsp3) is 0.333. The highest BCUT2D eigenvalue weighted by atomic mass is 16.1. The van der Waals surface area contributed by atoms with Crippen LogP contribution in [0.5, 0.6) is 0 Å². The summed E-state index contributed by atoms with van der Waals surface area (Å²) in [5.74, 6) is 1.37. The number of hydrogen-bond donors (Lipinski definition) is 0. The Kier molecular flexibility index (Phi) is 2.74. The summed E-state index contributed by atoms with van der Waals surface area (Å²) in [6.07, 6.45) is 6.33. The van der Waals surface area contributed by atoms with Crippen LogP contribution < -0.4 is 0 Å². The lowest BCUT2D eigenvalue weighted by molar-refractivity contribution is 0.0994. The first kappa shape index (κ1) is 11.2. The Hall–Kier alpha value is -1.90. The molecule has 0 atom stereocenters. The summed E-state index contributed by atoms with van der Waals surface area (Å²) in [5.41, 5.74) is 3.30. The fourth-order valence-corrected chi connectivity index (χ4v) is 2.58. The van der Waals surface area contributed by atoms with Gasteiger partial charge in [-0.05, 0) is 23.6 Å². The zero-order valence-corrected chi connectivity index (χ0v) is 10.5. The molecule has 3 nitrogen and oxygen atoms in total. The van der Waals surface area contributed by atoms with E-state index in [1.165, 1.54) is 11.1 Å². The maximum atomic E-state index is 11.7. The number of Topliss-reactive ketones (excluding diaryl/α,β-unsaturated/α-hetero) is 1. The van der Waals surface area contributed by atoms with Crippen LogP contribution in [-0.2, 0) is 19.4 Å². The maximum Gasteiger partial charge on any atom is 0.163 e. The summed E-state index contributed by atoms with van der Waals surface area (Å²) in [7, 11) is 0. The number of carbonyl (C=O) groups is 1. The number of carbonyl (C=O) groups excluding carboxylic acids is 1. The number of aromatic nitrogens is 2. The van der Waals surface area contributed by atoms with Crippen LogP contribution in [-0.4, -0.2) is 15.3 Å². The maximum absolute atomic E-state index is 11.7. The predicted octanol–water partition coefficient (Wildman–Crippen LogP) is 2.62. The Morgan fingerprint density at radius 3 is 3.06 bits per heavy atom. The second-order valence-electron chi connectivity index (χ2n) is 4.74. The van der Waals surface area contributed by atoms with Gasteiger partial charge in [0.25, 0.3) is 0 Å². The molecule has 3 heteroatoms. The first-order valence-corrected chi connectivity index (χ1v) is 6.43. The zero-order valence-electron chi connectivity index (χ0n) is 10.5. The lowest BCUT2D eigenvalue weighted by Crippen LogP contribution is -2.04. The van der Waals surface area contributed by atoms with Gasteiger partial charge in [-0.25, -0.2) is 4.98 Å². The van der Waals surface area contributed by atoms with E-state index in [0.29, 0.717) is 6.42 Å². The van der Waals surface area contributed by atoms with Gasteiger partial charge in [0, 0.05) is 37.3 Å². The van der Waals surface area contributed by atoms with Gasteiger partial charge in [0.15, 0.2) is 5.78 Å². The number of benzene rings is 1. The van der Waals surface area contributed by atoms with Crippen molar-refractivity contribution in [1.29, 1.82) is 0 Å². The Morgan fingerprint density at radius 2 is 2.22 bits per heavy atom. The highest BCUT2D eigenvalue weighted by Crippen LogP contribution is 2.23. The summed E-state index contributed by atoms with van der Waals surface area (Å²) >= 11 is 0. The molecular weight excluding hydrogens is 224 g/mol. The van der Waals surface area contributed by atoms with Crippen LogP contribution in [0.2, 0.25) is 0 Å². The molecule has 92 valence electrons. The molecule has 0 bridgehead atoms. The van der Waals surface area contributed by atoms with Crippen molar-refractivity contribution in [3.8, 4) is 0 Å². The van der Waals surface area contributed by atoms with Crippen molar-refractivity contribution >= 4 is 5.78 Å². The molecule has 1 aromatic carbocycles. The SMILES string of the molecule is CCc1nccn1Cc1ccc2c(c1)C(=O)CC2. The summed E-state index contributed by atoms with van der Waals surface area (Å²) in [6, 6.07) is 6.26. The third kappa shape index (κ3) is 1.86. The van der Waals surface area contributed by atoms with Crippen LogP contribution >= 0.6 is 0 Å². The molecule has 0 radical (unpaired) electrons. The number of fused-ring (bicyclic) bond motifs is 1. The Bertz CT molecular complexity index is 598. The van der Waals surface area contributed by atoms with E-state index in [1.807, 2.05) is 18.5 Å².